The van der Waals surface area contributed by atoms with Gasteiger partial charge in [0.2, 0.25) is 0 Å². The van der Waals surface area contributed by atoms with Crippen LogP contribution in [0.5, 0.6) is 5.75 Å². The van der Waals surface area contributed by atoms with Crippen molar-refractivity contribution < 1.29 is 39.1 Å². The second kappa shape index (κ2) is 13.2. The molecule has 0 aromatic heterocycles. The summed E-state index contributed by atoms with van der Waals surface area (Å²) >= 11 is 0. The topological polar surface area (TPSA) is 115 Å². The van der Waals surface area contributed by atoms with Crippen molar-refractivity contribution in [3.63, 3.8) is 0 Å². The monoisotopic (exact) mass is 526 g/mol. The zero-order chi connectivity index (χ0) is 27.9. The second-order valence-corrected chi connectivity index (χ2v) is 9.91. The van der Waals surface area contributed by atoms with E-state index in [-0.39, 0.29) is 24.0 Å². The maximum atomic E-state index is 12.2. The number of benzene rings is 2. The van der Waals surface area contributed by atoms with E-state index in [1.807, 2.05) is 43.3 Å². The highest BCUT2D eigenvalue weighted by molar-refractivity contribution is 5.96. The first kappa shape index (κ1) is 29.5. The van der Waals surface area contributed by atoms with E-state index >= 15 is 0 Å². The lowest BCUT2D eigenvalue weighted by molar-refractivity contribution is -0.152. The van der Waals surface area contributed by atoms with E-state index < -0.39 is 36.2 Å². The molecule has 2 aromatic carbocycles. The molecule has 206 valence electrons. The molecule has 3 N–H and O–H groups in total. The first-order valence-electron chi connectivity index (χ1n) is 12.7. The van der Waals surface area contributed by atoms with Gasteiger partial charge in [0, 0.05) is 7.11 Å². The van der Waals surface area contributed by atoms with Crippen LogP contribution in [-0.4, -0.2) is 65.4 Å². The van der Waals surface area contributed by atoms with Gasteiger partial charge in [-0.25, -0.2) is 4.79 Å². The normalized spacial score (nSPS) is 21.6. The van der Waals surface area contributed by atoms with Gasteiger partial charge in [-0.3, -0.25) is 0 Å². The third-order valence-electron chi connectivity index (χ3n) is 6.38. The highest BCUT2D eigenvalue weighted by atomic mass is 16.8. The van der Waals surface area contributed by atoms with Crippen LogP contribution in [0.2, 0.25) is 0 Å². The van der Waals surface area contributed by atoms with Gasteiger partial charge in [0.05, 0.1) is 12.2 Å². The second-order valence-electron chi connectivity index (χ2n) is 9.91. The average Bonchev–Trinajstić information content (AvgIpc) is 3.19. The zero-order valence-electron chi connectivity index (χ0n) is 22.5. The van der Waals surface area contributed by atoms with Crippen molar-refractivity contribution in [2.45, 2.75) is 64.3 Å². The van der Waals surface area contributed by atoms with Gasteiger partial charge in [0.15, 0.2) is 12.6 Å². The Labute approximate surface area is 224 Å². The fourth-order valence-corrected chi connectivity index (χ4v) is 4.25. The fraction of sp³-hybridized carbons (Fsp3) is 0.433. The Kier molecular flexibility index (Phi) is 10.2. The molecular weight excluding hydrogens is 488 g/mol. The van der Waals surface area contributed by atoms with Crippen LogP contribution in [-0.2, 0) is 14.2 Å². The smallest absolute Gasteiger partial charge is 0.340 e. The first-order valence-corrected chi connectivity index (χ1v) is 12.7. The molecule has 8 heteroatoms. The molecule has 1 aliphatic rings. The van der Waals surface area contributed by atoms with E-state index in [4.69, 9.17) is 18.9 Å². The molecule has 1 saturated heterocycles. The van der Waals surface area contributed by atoms with Gasteiger partial charge in [-0.15, -0.1) is 0 Å². The number of carboxylic acid groups (broad SMARTS) is 1. The number of rotatable bonds is 12. The fourth-order valence-electron chi connectivity index (χ4n) is 4.25. The lowest BCUT2D eigenvalue weighted by atomic mass is 9.96. The number of aromatic carboxylic acids is 1. The van der Waals surface area contributed by atoms with E-state index in [1.165, 1.54) is 7.11 Å². The van der Waals surface area contributed by atoms with Gasteiger partial charge < -0.3 is 34.3 Å². The highest BCUT2D eigenvalue weighted by Gasteiger charge is 2.43. The summed E-state index contributed by atoms with van der Waals surface area (Å²) in [7, 11) is 1.47. The molecule has 0 bridgehead atoms. The molecule has 38 heavy (non-hydrogen) atoms. The van der Waals surface area contributed by atoms with Crippen LogP contribution in [0.15, 0.2) is 60.7 Å². The van der Waals surface area contributed by atoms with E-state index in [0.29, 0.717) is 12.0 Å². The summed E-state index contributed by atoms with van der Waals surface area (Å²) in [5.74, 6) is -1.94. The first-order chi connectivity index (χ1) is 18.0. The molecule has 0 aliphatic carbocycles. The largest absolute Gasteiger partial charge is 0.478 e. The minimum atomic E-state index is -1.12. The summed E-state index contributed by atoms with van der Waals surface area (Å²) in [6.45, 7) is 7.02. The van der Waals surface area contributed by atoms with Gasteiger partial charge in [0.1, 0.15) is 23.5 Å². The number of aliphatic hydroxyl groups excluding tert-OH is 2. The molecular formula is C30H38O8. The molecule has 5 atom stereocenters. The molecule has 1 unspecified atom stereocenters. The van der Waals surface area contributed by atoms with Crippen molar-refractivity contribution in [1.29, 1.82) is 0 Å². The summed E-state index contributed by atoms with van der Waals surface area (Å²) < 4.78 is 22.7. The van der Waals surface area contributed by atoms with Gasteiger partial charge in [-0.2, -0.15) is 0 Å². The molecule has 0 spiro atoms. The number of hydrogen-bond donors (Lipinski definition) is 3. The van der Waals surface area contributed by atoms with E-state index in [9.17, 15) is 20.1 Å². The van der Waals surface area contributed by atoms with Crippen LogP contribution in [0.1, 0.15) is 50.0 Å². The number of hydrogen-bond acceptors (Lipinski definition) is 7. The van der Waals surface area contributed by atoms with Crippen LogP contribution in [0, 0.1) is 5.92 Å². The van der Waals surface area contributed by atoms with Crippen molar-refractivity contribution in [3.8, 4) is 16.9 Å². The van der Waals surface area contributed by atoms with E-state index in [2.05, 4.69) is 0 Å². The number of aliphatic hydroxyl groups is 2. The molecule has 2 aromatic rings. The third-order valence-corrected chi connectivity index (χ3v) is 6.38. The van der Waals surface area contributed by atoms with Gasteiger partial charge >= 0.3 is 5.97 Å². The third kappa shape index (κ3) is 7.75. The minimum absolute atomic E-state index is 0.0218. The van der Waals surface area contributed by atoms with Crippen LogP contribution < -0.4 is 4.74 Å². The summed E-state index contributed by atoms with van der Waals surface area (Å²) in [5, 5.41) is 30.5. The Morgan fingerprint density at radius 1 is 1.08 bits per heavy atom. The van der Waals surface area contributed by atoms with Gasteiger partial charge in [-0.1, -0.05) is 61.6 Å². The standard InChI is InChI=1S/C30H38O8/c1-19(20(2)31)14-15-24(32)28-25(37-30(3,4)38-28)13-9-12-22-16-23(21-10-7-6-8-11-21)17-26(36-18-35-5)27(22)29(33)34/h6-12,14-17,19-20,24-25,28,31-32H,13,18H2,1-5H3,(H,33,34)/b12-9+,15-14-/t19-,20+,24?,25+,28-/m1/s1. The molecule has 8 nitrogen and oxygen atoms in total. The molecule has 1 fully saturated rings. The summed E-state index contributed by atoms with van der Waals surface area (Å²) in [6.07, 6.45) is 4.69. The van der Waals surface area contributed by atoms with Crippen molar-refractivity contribution in [2.75, 3.05) is 13.9 Å². The van der Waals surface area contributed by atoms with Crippen molar-refractivity contribution >= 4 is 12.0 Å². The van der Waals surface area contributed by atoms with Gasteiger partial charge in [-0.05, 0) is 61.9 Å². The predicted molar refractivity (Wildman–Crippen MR) is 145 cm³/mol. The van der Waals surface area contributed by atoms with Crippen molar-refractivity contribution in [2.24, 2.45) is 5.92 Å². The molecule has 0 radical (unpaired) electrons. The predicted octanol–water partition coefficient (Wildman–Crippen LogP) is 4.89. The lowest BCUT2D eigenvalue weighted by Crippen LogP contribution is -2.34. The Balaban J connectivity index is 1.89. The zero-order valence-corrected chi connectivity index (χ0v) is 22.5. The molecule has 1 aliphatic heterocycles. The minimum Gasteiger partial charge on any atom is -0.478 e. The number of carboxylic acids is 1. The van der Waals surface area contributed by atoms with Crippen molar-refractivity contribution in [1.82, 2.24) is 0 Å². The highest BCUT2D eigenvalue weighted by Crippen LogP contribution is 2.34. The van der Waals surface area contributed by atoms with Crippen LogP contribution >= 0.6 is 0 Å². The number of carbonyl (C=O) groups is 1. The summed E-state index contributed by atoms with van der Waals surface area (Å²) in [6, 6.07) is 13.1. The van der Waals surface area contributed by atoms with Crippen LogP contribution in [0.25, 0.3) is 17.2 Å². The van der Waals surface area contributed by atoms with Crippen LogP contribution in [0.3, 0.4) is 0 Å². The Morgan fingerprint density at radius 2 is 1.79 bits per heavy atom. The molecule has 0 saturated carbocycles. The lowest BCUT2D eigenvalue weighted by Gasteiger charge is -2.20. The Morgan fingerprint density at radius 3 is 2.42 bits per heavy atom. The maximum Gasteiger partial charge on any atom is 0.340 e. The molecule has 0 amide bonds. The van der Waals surface area contributed by atoms with E-state index in [0.717, 1.165) is 11.1 Å². The summed E-state index contributed by atoms with van der Waals surface area (Å²) in [5.41, 5.74) is 2.20. The maximum absolute atomic E-state index is 12.2. The number of ether oxygens (including phenoxy) is 4. The van der Waals surface area contributed by atoms with Gasteiger partial charge in [0.25, 0.3) is 0 Å². The Bertz CT molecular complexity index is 1120. The Hall–Kier alpha value is -3.01. The summed E-state index contributed by atoms with van der Waals surface area (Å²) in [4.78, 5) is 12.2. The number of methoxy groups -OCH3 is 1. The average molecular weight is 527 g/mol. The van der Waals surface area contributed by atoms with E-state index in [1.54, 1.807) is 51.1 Å². The molecule has 3 rings (SSSR count). The SMILES string of the molecule is COCOc1cc(-c2ccccc2)cc(/C=C/C[C@@H]2OC(C)(C)O[C@@H]2C(O)/C=C\[C@@H](C)[C@H](C)O)c1C(=O)O. The van der Waals surface area contributed by atoms with Crippen molar-refractivity contribution in [3.05, 3.63) is 71.8 Å². The quantitative estimate of drug-likeness (QED) is 0.265. The van der Waals surface area contributed by atoms with Crippen LogP contribution in [0.4, 0.5) is 0 Å². The molecule has 1 heterocycles.